The number of carbonyl (C=O) groups is 1. The second-order valence-electron chi connectivity index (χ2n) is 12.1. The third-order valence-electron chi connectivity index (χ3n) is 8.82. The maximum atomic E-state index is 15.2. The van der Waals surface area contributed by atoms with Gasteiger partial charge in [-0.1, -0.05) is 24.3 Å². The lowest BCUT2D eigenvalue weighted by atomic mass is 9.87. The number of nitrogen functional groups attached to an aromatic ring is 1. The van der Waals surface area contributed by atoms with E-state index in [1.54, 1.807) is 6.07 Å². The van der Waals surface area contributed by atoms with Crippen LogP contribution in [0.25, 0.3) is 11.1 Å². The predicted octanol–water partition coefficient (Wildman–Crippen LogP) is 5.86. The van der Waals surface area contributed by atoms with Crippen LogP contribution in [0.15, 0.2) is 36.4 Å². The number of ether oxygens (including phenoxy) is 1. The average molecular weight is 571 g/mol. The molecule has 4 atom stereocenters. The second kappa shape index (κ2) is 12.1. The predicted molar refractivity (Wildman–Crippen MR) is 155 cm³/mol. The summed E-state index contributed by atoms with van der Waals surface area (Å²) in [6, 6.07) is 9.99. The molecule has 0 unspecified atom stereocenters. The second-order valence-corrected chi connectivity index (χ2v) is 12.1. The molecule has 1 saturated heterocycles. The Morgan fingerprint density at radius 3 is 2.66 bits per heavy atom. The third-order valence-corrected chi connectivity index (χ3v) is 8.82. The number of anilines is 1. The fraction of sp³-hybridized carbons (Fsp3) is 0.562. The number of rotatable bonds is 9. The summed E-state index contributed by atoms with van der Waals surface area (Å²) >= 11 is 0. The quantitative estimate of drug-likeness (QED) is 0.260. The van der Waals surface area contributed by atoms with E-state index < -0.39 is 36.3 Å². The van der Waals surface area contributed by atoms with E-state index in [0.29, 0.717) is 36.6 Å². The topological polar surface area (TPSA) is 91.4 Å². The molecule has 2 aliphatic carbocycles. The van der Waals surface area contributed by atoms with Crippen LogP contribution in [-0.4, -0.2) is 66.5 Å². The van der Waals surface area contributed by atoms with E-state index in [4.69, 9.17) is 15.9 Å². The molecule has 6 nitrogen and oxygen atoms in total. The SMILES string of the molecule is CC(C)N1CC[C@H](O[C@H]2CCCC(F)(F)[C@@H]2NC(=O)Cc2cccc(-c3ccc(N)c(C=N)c3)c2C2CC2)[C@H](F)C1. The Bertz CT molecular complexity index is 1270. The summed E-state index contributed by atoms with van der Waals surface area (Å²) in [5.74, 6) is -3.34. The summed E-state index contributed by atoms with van der Waals surface area (Å²) in [7, 11) is 0. The van der Waals surface area contributed by atoms with Crippen LogP contribution >= 0.6 is 0 Å². The average Bonchev–Trinajstić information content (AvgIpc) is 3.77. The molecule has 1 heterocycles. The highest BCUT2D eigenvalue weighted by atomic mass is 19.3. The first kappa shape index (κ1) is 29.6. The van der Waals surface area contributed by atoms with E-state index >= 15 is 8.78 Å². The Kier molecular flexibility index (Phi) is 8.76. The van der Waals surface area contributed by atoms with E-state index in [1.165, 1.54) is 6.21 Å². The summed E-state index contributed by atoms with van der Waals surface area (Å²) in [6.45, 7) is 4.89. The molecule has 3 aliphatic rings. The first-order chi connectivity index (χ1) is 19.6. The standard InChI is InChI=1S/C32H41F3N4O2/c1-19(2)39-14-12-27(25(33)18-39)41-28-7-4-13-32(34,35)31(28)38-29(40)16-22-5-3-6-24(30(22)20-8-9-20)21-10-11-26(37)23(15-21)17-36/h3,5-6,10-11,15,17,19-20,25,27-28,31,36H,4,7-9,12-14,16,18,37H2,1-2H3,(H,38,40)/t25-,27+,28+,31-/m1/s1. The number of hydrogen-bond acceptors (Lipinski definition) is 5. The Morgan fingerprint density at radius 1 is 1.20 bits per heavy atom. The van der Waals surface area contributed by atoms with Crippen molar-refractivity contribution < 1.29 is 22.7 Å². The lowest BCUT2D eigenvalue weighted by Gasteiger charge is -2.42. The molecule has 0 radical (unpaired) electrons. The van der Waals surface area contributed by atoms with Crippen molar-refractivity contribution in [3.63, 3.8) is 0 Å². The van der Waals surface area contributed by atoms with Crippen LogP contribution in [0, 0.1) is 5.41 Å². The van der Waals surface area contributed by atoms with Gasteiger partial charge in [-0.2, -0.15) is 0 Å². The van der Waals surface area contributed by atoms with Crippen LogP contribution in [0.3, 0.4) is 0 Å². The number of nitrogens with two attached hydrogens (primary N) is 1. The molecule has 222 valence electrons. The van der Waals surface area contributed by atoms with E-state index in [-0.39, 0.29) is 31.8 Å². The molecule has 0 bridgehead atoms. The number of nitrogens with zero attached hydrogens (tertiary/aromatic N) is 1. The Morgan fingerprint density at radius 2 is 1.98 bits per heavy atom. The number of amides is 1. The smallest absolute Gasteiger partial charge is 0.270 e. The Hall–Kier alpha value is -2.91. The highest BCUT2D eigenvalue weighted by Crippen LogP contribution is 2.46. The van der Waals surface area contributed by atoms with Crippen molar-refractivity contribution in [1.82, 2.24) is 10.2 Å². The van der Waals surface area contributed by atoms with Crippen molar-refractivity contribution >= 4 is 17.8 Å². The van der Waals surface area contributed by atoms with Gasteiger partial charge in [-0.25, -0.2) is 13.2 Å². The van der Waals surface area contributed by atoms with Gasteiger partial charge < -0.3 is 21.2 Å². The maximum absolute atomic E-state index is 15.2. The zero-order valence-corrected chi connectivity index (χ0v) is 23.8. The minimum Gasteiger partial charge on any atom is -0.398 e. The minimum atomic E-state index is -3.14. The molecular formula is C32H41F3N4O2. The van der Waals surface area contributed by atoms with Gasteiger partial charge in [-0.15, -0.1) is 0 Å². The molecule has 0 aromatic heterocycles. The van der Waals surface area contributed by atoms with E-state index in [1.807, 2.05) is 49.1 Å². The third kappa shape index (κ3) is 6.61. The number of benzene rings is 2. The minimum absolute atomic E-state index is 0.0378. The van der Waals surface area contributed by atoms with Crippen LogP contribution in [0.2, 0.25) is 0 Å². The van der Waals surface area contributed by atoms with Crippen LogP contribution in [0.4, 0.5) is 18.9 Å². The summed E-state index contributed by atoms with van der Waals surface area (Å²) in [5, 5.41) is 10.3. The van der Waals surface area contributed by atoms with E-state index in [0.717, 1.165) is 35.1 Å². The van der Waals surface area contributed by atoms with Crippen LogP contribution in [0.5, 0.6) is 0 Å². The summed E-state index contributed by atoms with van der Waals surface area (Å²) < 4.78 is 51.5. The molecular weight excluding hydrogens is 529 g/mol. The number of carbonyl (C=O) groups excluding carboxylic acids is 1. The molecule has 4 N–H and O–H groups in total. The first-order valence-electron chi connectivity index (χ1n) is 14.8. The highest BCUT2D eigenvalue weighted by molar-refractivity contribution is 5.88. The van der Waals surface area contributed by atoms with Crippen molar-refractivity contribution in [2.45, 2.75) is 101 Å². The zero-order chi connectivity index (χ0) is 29.3. The fourth-order valence-corrected chi connectivity index (χ4v) is 6.37. The number of halogens is 3. The number of hydrogen-bond donors (Lipinski definition) is 3. The lowest BCUT2D eigenvalue weighted by Crippen LogP contribution is -2.59. The van der Waals surface area contributed by atoms with Crippen molar-refractivity contribution in [2.24, 2.45) is 0 Å². The van der Waals surface area contributed by atoms with Gasteiger partial charge in [-0.3, -0.25) is 9.69 Å². The Labute approximate surface area is 240 Å². The van der Waals surface area contributed by atoms with E-state index in [9.17, 15) is 9.18 Å². The summed E-state index contributed by atoms with van der Waals surface area (Å²) in [5.41, 5.74) is 10.8. The summed E-state index contributed by atoms with van der Waals surface area (Å²) in [4.78, 5) is 15.4. The number of alkyl halides is 3. The lowest BCUT2D eigenvalue weighted by molar-refractivity contribution is -0.166. The van der Waals surface area contributed by atoms with Gasteiger partial charge in [0, 0.05) is 43.0 Å². The monoisotopic (exact) mass is 570 g/mol. The molecule has 1 amide bonds. The molecule has 41 heavy (non-hydrogen) atoms. The largest absolute Gasteiger partial charge is 0.398 e. The molecule has 5 rings (SSSR count). The Balaban J connectivity index is 1.33. The van der Waals surface area contributed by atoms with Gasteiger partial charge in [-0.05, 0) is 86.3 Å². The maximum Gasteiger partial charge on any atom is 0.270 e. The van der Waals surface area contributed by atoms with Gasteiger partial charge in [0.05, 0.1) is 18.6 Å². The number of likely N-dealkylation sites (tertiary alicyclic amines) is 1. The van der Waals surface area contributed by atoms with Gasteiger partial charge in [0.15, 0.2) is 0 Å². The molecule has 1 aliphatic heterocycles. The van der Waals surface area contributed by atoms with Crippen molar-refractivity contribution in [3.8, 4) is 11.1 Å². The van der Waals surface area contributed by atoms with Gasteiger partial charge in [0.25, 0.3) is 5.92 Å². The van der Waals surface area contributed by atoms with Crippen molar-refractivity contribution in [1.29, 1.82) is 5.41 Å². The zero-order valence-electron chi connectivity index (χ0n) is 23.8. The van der Waals surface area contributed by atoms with Gasteiger partial charge in [0.1, 0.15) is 12.2 Å². The molecule has 3 fully saturated rings. The first-order valence-corrected chi connectivity index (χ1v) is 14.8. The molecule has 2 aromatic rings. The van der Waals surface area contributed by atoms with Crippen molar-refractivity contribution in [3.05, 3.63) is 53.1 Å². The fourth-order valence-electron chi connectivity index (χ4n) is 6.37. The van der Waals surface area contributed by atoms with E-state index in [2.05, 4.69) is 5.32 Å². The van der Waals surface area contributed by atoms with Crippen LogP contribution in [0.1, 0.15) is 75.0 Å². The molecule has 2 aromatic carbocycles. The summed E-state index contributed by atoms with van der Waals surface area (Å²) in [6.07, 6.45) is 0.923. The molecule has 0 spiro atoms. The number of nitrogens with one attached hydrogen (secondary N) is 2. The normalized spacial score (nSPS) is 26.6. The van der Waals surface area contributed by atoms with Crippen LogP contribution < -0.4 is 11.1 Å². The van der Waals surface area contributed by atoms with Gasteiger partial charge in [0.2, 0.25) is 5.91 Å². The highest BCUT2D eigenvalue weighted by Gasteiger charge is 2.50. The molecule has 9 heteroatoms. The van der Waals surface area contributed by atoms with Crippen molar-refractivity contribution in [2.75, 3.05) is 18.8 Å². The number of piperidine rings is 1. The van der Waals surface area contributed by atoms with Gasteiger partial charge >= 0.3 is 0 Å². The van der Waals surface area contributed by atoms with Crippen LogP contribution in [-0.2, 0) is 16.0 Å². The molecule has 2 saturated carbocycles.